The summed E-state index contributed by atoms with van der Waals surface area (Å²) in [5, 5.41) is 56.6. The minimum atomic E-state index is -1.61. The van der Waals surface area contributed by atoms with Crippen LogP contribution in [-0.2, 0) is 23.8 Å². The molecule has 0 aromatic carbocycles. The second-order valence-electron chi connectivity index (χ2n) is 18.6. The van der Waals surface area contributed by atoms with Gasteiger partial charge >= 0.3 is 5.97 Å². The van der Waals surface area contributed by atoms with Gasteiger partial charge < -0.3 is 45.1 Å². The highest BCUT2D eigenvalue weighted by molar-refractivity contribution is 5.80. The Morgan fingerprint density at radius 3 is 1.64 bits per heavy atom. The van der Waals surface area contributed by atoms with Crippen LogP contribution in [0.1, 0.15) is 226 Å². The molecule has 1 aliphatic heterocycles. The molecule has 0 aromatic rings. The molecule has 1 heterocycles. The lowest BCUT2D eigenvalue weighted by atomic mass is 9.99. The highest BCUT2D eigenvalue weighted by Crippen LogP contribution is 2.26. The Morgan fingerprint density at radius 2 is 1.09 bits per heavy atom. The fourth-order valence-corrected chi connectivity index (χ4v) is 8.19. The van der Waals surface area contributed by atoms with Gasteiger partial charge in [0.15, 0.2) is 12.4 Å². The van der Waals surface area contributed by atoms with Gasteiger partial charge in [0.05, 0.1) is 25.4 Å². The van der Waals surface area contributed by atoms with E-state index in [9.17, 15) is 35.1 Å². The summed E-state index contributed by atoms with van der Waals surface area (Å²) < 4.78 is 17.5. The lowest BCUT2D eigenvalue weighted by Crippen LogP contribution is -2.61. The molecular formula is C55H99NO10. The van der Waals surface area contributed by atoms with Gasteiger partial charge in [-0.1, -0.05) is 211 Å². The molecule has 8 unspecified atom stereocenters. The topological polar surface area (TPSA) is 175 Å². The first-order chi connectivity index (χ1) is 32.2. The Hall–Kier alpha value is -2.38. The van der Waals surface area contributed by atoms with Crippen molar-refractivity contribution in [2.75, 3.05) is 13.2 Å². The fourth-order valence-electron chi connectivity index (χ4n) is 8.19. The molecule has 6 N–H and O–H groups in total. The second-order valence-corrected chi connectivity index (χ2v) is 18.6. The number of hydrogen-bond acceptors (Lipinski definition) is 10. The summed E-state index contributed by atoms with van der Waals surface area (Å²) in [6.07, 6.45) is 40.2. The number of hydrogen-bond donors (Lipinski definition) is 6. The van der Waals surface area contributed by atoms with E-state index in [2.05, 4.69) is 62.5 Å². The van der Waals surface area contributed by atoms with Crippen molar-refractivity contribution in [3.05, 3.63) is 48.6 Å². The number of carbonyl (C=O) groups is 2. The van der Waals surface area contributed by atoms with Gasteiger partial charge in [-0.25, -0.2) is 0 Å². The van der Waals surface area contributed by atoms with Gasteiger partial charge in [0.2, 0.25) is 5.91 Å². The molecule has 0 aliphatic carbocycles. The van der Waals surface area contributed by atoms with Crippen molar-refractivity contribution >= 4 is 11.9 Å². The molecule has 1 rings (SSSR count). The highest BCUT2D eigenvalue weighted by Gasteiger charge is 2.47. The van der Waals surface area contributed by atoms with Crippen molar-refractivity contribution in [1.82, 2.24) is 5.32 Å². The summed E-state index contributed by atoms with van der Waals surface area (Å²) in [6.45, 7) is 5.62. The third-order valence-corrected chi connectivity index (χ3v) is 12.5. The van der Waals surface area contributed by atoms with E-state index in [0.29, 0.717) is 12.8 Å². The molecule has 1 saturated heterocycles. The van der Waals surface area contributed by atoms with Gasteiger partial charge in [-0.2, -0.15) is 0 Å². The second kappa shape index (κ2) is 43.9. The van der Waals surface area contributed by atoms with Crippen LogP contribution >= 0.6 is 0 Å². The highest BCUT2D eigenvalue weighted by atomic mass is 16.7. The smallest absolute Gasteiger partial charge is 0.306 e. The standard InChI is InChI=1S/C55H99NO10/c1-4-7-10-13-16-19-22-24-27-30-33-36-39-42-48(59)54(63)56-46(47(58)41-38-35-32-29-26-21-18-15-12-9-6-3)45-64-55-53(52(62)51(61)49(44-57)65-55)66-50(60)43-40-37-34-31-28-25-23-20-17-14-11-8-5-2/h7,10,16,19,24,27,38,41,46-49,51-53,55,57-59,61-62H,4-6,8-9,11-15,17-18,20-23,25-26,28-37,39-40,42-45H2,1-3H3,(H,56,63)/b10-7+,19-16+,27-24+,41-38+. The molecular weight excluding hydrogens is 835 g/mol. The van der Waals surface area contributed by atoms with Crippen LogP contribution < -0.4 is 5.32 Å². The summed E-state index contributed by atoms with van der Waals surface area (Å²) in [5.74, 6) is -1.22. The Labute approximate surface area is 402 Å². The van der Waals surface area contributed by atoms with E-state index < -0.39 is 67.4 Å². The van der Waals surface area contributed by atoms with Gasteiger partial charge in [0, 0.05) is 6.42 Å². The van der Waals surface area contributed by atoms with Crippen molar-refractivity contribution in [2.45, 2.75) is 275 Å². The molecule has 1 aliphatic rings. The molecule has 0 aromatic heterocycles. The van der Waals surface area contributed by atoms with Gasteiger partial charge in [0.25, 0.3) is 0 Å². The largest absolute Gasteiger partial charge is 0.454 e. The van der Waals surface area contributed by atoms with Crippen molar-refractivity contribution in [3.63, 3.8) is 0 Å². The van der Waals surface area contributed by atoms with E-state index >= 15 is 0 Å². The van der Waals surface area contributed by atoms with E-state index in [1.807, 2.05) is 6.08 Å². The molecule has 66 heavy (non-hydrogen) atoms. The molecule has 384 valence electrons. The average molecular weight is 934 g/mol. The first-order valence-corrected chi connectivity index (χ1v) is 26.9. The summed E-state index contributed by atoms with van der Waals surface area (Å²) >= 11 is 0. The zero-order chi connectivity index (χ0) is 48.3. The van der Waals surface area contributed by atoms with E-state index in [-0.39, 0.29) is 19.4 Å². The van der Waals surface area contributed by atoms with Crippen LogP contribution in [0.15, 0.2) is 48.6 Å². The number of rotatable bonds is 44. The molecule has 11 heteroatoms. The lowest BCUT2D eigenvalue weighted by molar-refractivity contribution is -0.305. The van der Waals surface area contributed by atoms with Crippen LogP contribution in [0.3, 0.4) is 0 Å². The lowest BCUT2D eigenvalue weighted by Gasteiger charge is -2.41. The zero-order valence-electron chi connectivity index (χ0n) is 42.1. The van der Waals surface area contributed by atoms with Crippen LogP contribution in [0, 0.1) is 0 Å². The zero-order valence-corrected chi connectivity index (χ0v) is 42.1. The maximum Gasteiger partial charge on any atom is 0.306 e. The van der Waals surface area contributed by atoms with Crippen molar-refractivity contribution in [3.8, 4) is 0 Å². The molecule has 0 radical (unpaired) electrons. The molecule has 0 bridgehead atoms. The summed E-state index contributed by atoms with van der Waals surface area (Å²) in [5.41, 5.74) is 0. The number of allylic oxidation sites excluding steroid dienone is 7. The van der Waals surface area contributed by atoms with Gasteiger partial charge in [0.1, 0.15) is 24.4 Å². The third-order valence-electron chi connectivity index (χ3n) is 12.5. The van der Waals surface area contributed by atoms with E-state index in [4.69, 9.17) is 14.2 Å². The predicted octanol–water partition coefficient (Wildman–Crippen LogP) is 11.3. The van der Waals surface area contributed by atoms with E-state index in [1.54, 1.807) is 6.08 Å². The summed E-state index contributed by atoms with van der Waals surface area (Å²) in [6, 6.07) is -1.03. The number of esters is 1. The summed E-state index contributed by atoms with van der Waals surface area (Å²) in [7, 11) is 0. The van der Waals surface area contributed by atoms with Crippen molar-refractivity contribution in [2.24, 2.45) is 0 Å². The normalized spacial score (nSPS) is 20.5. The van der Waals surface area contributed by atoms with Gasteiger partial charge in [-0.15, -0.1) is 0 Å². The van der Waals surface area contributed by atoms with Crippen molar-refractivity contribution in [1.29, 1.82) is 0 Å². The minimum Gasteiger partial charge on any atom is -0.454 e. The minimum absolute atomic E-state index is 0.123. The molecule has 1 fully saturated rings. The predicted molar refractivity (Wildman–Crippen MR) is 269 cm³/mol. The quantitative estimate of drug-likeness (QED) is 0.0196. The Kier molecular flexibility index (Phi) is 41.0. The number of nitrogens with one attached hydrogen (secondary N) is 1. The van der Waals surface area contributed by atoms with Crippen molar-refractivity contribution < 1.29 is 49.3 Å². The van der Waals surface area contributed by atoms with Crippen LogP contribution in [0.25, 0.3) is 0 Å². The number of aliphatic hydroxyl groups is 5. The molecule has 11 nitrogen and oxygen atoms in total. The Balaban J connectivity index is 2.78. The van der Waals surface area contributed by atoms with Gasteiger partial charge in [-0.3, -0.25) is 9.59 Å². The number of aliphatic hydroxyl groups excluding tert-OH is 5. The maximum atomic E-state index is 13.3. The Morgan fingerprint density at radius 1 is 0.606 bits per heavy atom. The maximum absolute atomic E-state index is 13.3. The first-order valence-electron chi connectivity index (χ1n) is 26.9. The van der Waals surface area contributed by atoms with Crippen LogP contribution in [0.5, 0.6) is 0 Å². The average Bonchev–Trinajstić information content (AvgIpc) is 3.31. The SMILES string of the molecule is CC/C=C/C/C=C/C/C=C/CCCCCC(O)C(=O)NC(COC1OC(CO)C(O)C(O)C1OC(=O)CCCCCCCCCCCCCCC)C(O)/C=C/CCCCCCCCCCC. The van der Waals surface area contributed by atoms with Crippen LogP contribution in [0.4, 0.5) is 0 Å². The van der Waals surface area contributed by atoms with Crippen LogP contribution in [0.2, 0.25) is 0 Å². The molecule has 8 atom stereocenters. The monoisotopic (exact) mass is 934 g/mol. The van der Waals surface area contributed by atoms with E-state index in [1.165, 1.54) is 103 Å². The Bertz CT molecular complexity index is 1260. The van der Waals surface area contributed by atoms with E-state index in [0.717, 1.165) is 77.0 Å². The van der Waals surface area contributed by atoms with Crippen LogP contribution in [-0.4, -0.2) is 99.6 Å². The number of amides is 1. The molecule has 1 amide bonds. The first kappa shape index (κ1) is 61.6. The molecule has 0 saturated carbocycles. The number of carbonyl (C=O) groups excluding carboxylic acids is 2. The third kappa shape index (κ3) is 32.4. The fraction of sp³-hybridized carbons (Fsp3) is 0.818. The summed E-state index contributed by atoms with van der Waals surface area (Å²) in [4.78, 5) is 26.3. The van der Waals surface area contributed by atoms with Gasteiger partial charge in [-0.05, 0) is 57.8 Å². The molecule has 0 spiro atoms. The number of ether oxygens (including phenoxy) is 3. The number of unbranched alkanes of at least 4 members (excludes halogenated alkanes) is 24.